The lowest BCUT2D eigenvalue weighted by molar-refractivity contribution is 0.0697. The first kappa shape index (κ1) is 10.3. The Labute approximate surface area is 99.9 Å². The van der Waals surface area contributed by atoms with Crippen LogP contribution in [0, 0.1) is 17.2 Å². The summed E-state index contributed by atoms with van der Waals surface area (Å²) in [5.41, 5.74) is 0.945. The molecule has 4 heteroatoms. The highest BCUT2D eigenvalue weighted by Gasteiger charge is 2.40. The number of piperidine rings is 1. The third kappa shape index (κ3) is 1.68. The number of pyridine rings is 1. The fourth-order valence-electron chi connectivity index (χ4n) is 2.91. The van der Waals surface area contributed by atoms with Crippen LogP contribution < -0.4 is 0 Å². The lowest BCUT2D eigenvalue weighted by atomic mass is 10.1. The summed E-state index contributed by atoms with van der Waals surface area (Å²) in [6, 6.07) is 5.72. The molecule has 2 heterocycles. The number of hydrogen-bond acceptors (Lipinski definition) is 3. The second-order valence-electron chi connectivity index (χ2n) is 4.83. The molecule has 86 valence electrons. The molecule has 1 amide bonds. The topological polar surface area (TPSA) is 57.0 Å². The van der Waals surface area contributed by atoms with Crippen molar-refractivity contribution in [3.8, 4) is 6.07 Å². The number of fused-ring (bicyclic) bond motifs is 2. The molecule has 1 saturated heterocycles. The van der Waals surface area contributed by atoms with Crippen LogP contribution >= 0.6 is 0 Å². The molecule has 2 unspecified atom stereocenters. The molecule has 2 atom stereocenters. The third-order valence-electron chi connectivity index (χ3n) is 3.78. The van der Waals surface area contributed by atoms with Crippen molar-refractivity contribution in [1.82, 2.24) is 9.88 Å². The molecule has 0 N–H and O–H groups in total. The van der Waals surface area contributed by atoms with Crippen molar-refractivity contribution in [1.29, 1.82) is 5.26 Å². The Morgan fingerprint density at radius 1 is 1.47 bits per heavy atom. The Hall–Kier alpha value is -1.89. The van der Waals surface area contributed by atoms with Crippen LogP contribution in [-0.4, -0.2) is 28.4 Å². The van der Waals surface area contributed by atoms with Crippen LogP contribution in [0.3, 0.4) is 0 Å². The van der Waals surface area contributed by atoms with Gasteiger partial charge >= 0.3 is 0 Å². The average molecular weight is 227 g/mol. The van der Waals surface area contributed by atoms with Gasteiger partial charge in [-0.1, -0.05) is 0 Å². The zero-order valence-electron chi connectivity index (χ0n) is 9.47. The summed E-state index contributed by atoms with van der Waals surface area (Å²) in [6.07, 6.45) is 5.01. The Morgan fingerprint density at radius 2 is 2.35 bits per heavy atom. The Bertz CT molecular complexity index is 488. The third-order valence-corrected chi connectivity index (χ3v) is 3.78. The predicted molar refractivity (Wildman–Crippen MR) is 61.1 cm³/mol. The van der Waals surface area contributed by atoms with E-state index in [4.69, 9.17) is 5.26 Å². The molecule has 1 saturated carbocycles. The summed E-state index contributed by atoms with van der Waals surface area (Å²) in [7, 11) is 0. The number of amides is 1. The summed E-state index contributed by atoms with van der Waals surface area (Å²) < 4.78 is 0. The van der Waals surface area contributed by atoms with Crippen LogP contribution in [0.15, 0.2) is 18.3 Å². The summed E-state index contributed by atoms with van der Waals surface area (Å²) in [6.45, 7) is 0.880. The maximum atomic E-state index is 12.2. The van der Waals surface area contributed by atoms with Crippen LogP contribution in [0.4, 0.5) is 0 Å². The van der Waals surface area contributed by atoms with Crippen molar-refractivity contribution in [3.05, 3.63) is 29.6 Å². The number of nitriles is 1. The van der Waals surface area contributed by atoms with Gasteiger partial charge in [-0.3, -0.25) is 4.79 Å². The maximum Gasteiger partial charge on any atom is 0.272 e. The molecule has 2 bridgehead atoms. The van der Waals surface area contributed by atoms with Crippen LogP contribution in [0.25, 0.3) is 0 Å². The van der Waals surface area contributed by atoms with Gasteiger partial charge in [0.25, 0.3) is 5.91 Å². The summed E-state index contributed by atoms with van der Waals surface area (Å²) in [4.78, 5) is 18.2. The zero-order valence-corrected chi connectivity index (χ0v) is 9.47. The molecule has 1 aromatic rings. The standard InChI is InChI=1S/C13H13N3O/c14-6-10-2-4-12(15-7-10)13(17)16-8-9-1-3-11(16)5-9/h2,4,7,9,11H,1,3,5,8H2. The van der Waals surface area contributed by atoms with E-state index in [1.54, 1.807) is 12.1 Å². The fraction of sp³-hybridized carbons (Fsp3) is 0.462. The van der Waals surface area contributed by atoms with Crippen LogP contribution in [0.1, 0.15) is 35.3 Å². The molecule has 0 spiro atoms. The summed E-state index contributed by atoms with van der Waals surface area (Å²) in [5, 5.41) is 8.68. The Kier molecular flexibility index (Phi) is 2.32. The van der Waals surface area contributed by atoms with Gasteiger partial charge in [-0.15, -0.1) is 0 Å². The van der Waals surface area contributed by atoms with Gasteiger partial charge in [-0.2, -0.15) is 5.26 Å². The van der Waals surface area contributed by atoms with Gasteiger partial charge in [0.15, 0.2) is 0 Å². The van der Waals surface area contributed by atoms with Crippen molar-refractivity contribution in [3.63, 3.8) is 0 Å². The minimum atomic E-state index is 0.0155. The molecule has 0 radical (unpaired) electrons. The van der Waals surface area contributed by atoms with Gasteiger partial charge in [0.2, 0.25) is 0 Å². The smallest absolute Gasteiger partial charge is 0.272 e. The zero-order chi connectivity index (χ0) is 11.8. The van der Waals surface area contributed by atoms with E-state index in [2.05, 4.69) is 4.98 Å². The van der Waals surface area contributed by atoms with Gasteiger partial charge in [-0.05, 0) is 37.3 Å². The molecule has 2 aliphatic rings. The summed E-state index contributed by atoms with van der Waals surface area (Å²) >= 11 is 0. The number of carbonyl (C=O) groups excluding carboxylic acids is 1. The van der Waals surface area contributed by atoms with E-state index in [-0.39, 0.29) is 5.91 Å². The van der Waals surface area contributed by atoms with E-state index < -0.39 is 0 Å². The maximum absolute atomic E-state index is 12.2. The number of nitrogens with zero attached hydrogens (tertiary/aromatic N) is 3. The monoisotopic (exact) mass is 227 g/mol. The van der Waals surface area contributed by atoms with Gasteiger partial charge in [-0.25, -0.2) is 4.98 Å². The lowest BCUT2D eigenvalue weighted by Crippen LogP contribution is -2.38. The SMILES string of the molecule is N#Cc1ccc(C(=O)N2CC3CCC2C3)nc1. The van der Waals surface area contributed by atoms with Crippen LogP contribution in [0.5, 0.6) is 0 Å². The largest absolute Gasteiger partial charge is 0.334 e. The Morgan fingerprint density at radius 3 is 2.88 bits per heavy atom. The van der Waals surface area contributed by atoms with E-state index in [9.17, 15) is 4.79 Å². The minimum absolute atomic E-state index is 0.0155. The molecule has 1 aromatic heterocycles. The second-order valence-corrected chi connectivity index (χ2v) is 4.83. The molecule has 0 aromatic carbocycles. The second kappa shape index (κ2) is 3.85. The van der Waals surface area contributed by atoms with Crippen molar-refractivity contribution in [2.45, 2.75) is 25.3 Å². The molecule has 1 aliphatic heterocycles. The van der Waals surface area contributed by atoms with Crippen molar-refractivity contribution < 1.29 is 4.79 Å². The minimum Gasteiger partial charge on any atom is -0.334 e. The molecule has 2 fully saturated rings. The first-order valence-corrected chi connectivity index (χ1v) is 5.95. The number of likely N-dealkylation sites (tertiary alicyclic amines) is 1. The molecular formula is C13H13N3O. The number of aromatic nitrogens is 1. The van der Waals surface area contributed by atoms with E-state index in [1.807, 2.05) is 11.0 Å². The molecule has 3 rings (SSSR count). The van der Waals surface area contributed by atoms with Crippen molar-refractivity contribution >= 4 is 5.91 Å². The normalized spacial score (nSPS) is 25.9. The van der Waals surface area contributed by atoms with E-state index in [0.29, 0.717) is 23.2 Å². The quantitative estimate of drug-likeness (QED) is 0.731. The van der Waals surface area contributed by atoms with E-state index in [0.717, 1.165) is 19.4 Å². The van der Waals surface area contributed by atoms with Gasteiger partial charge < -0.3 is 4.90 Å². The number of rotatable bonds is 1. The van der Waals surface area contributed by atoms with Crippen molar-refractivity contribution in [2.75, 3.05) is 6.54 Å². The van der Waals surface area contributed by atoms with Crippen molar-refractivity contribution in [2.24, 2.45) is 5.92 Å². The lowest BCUT2D eigenvalue weighted by Gasteiger charge is -2.26. The van der Waals surface area contributed by atoms with Crippen LogP contribution in [-0.2, 0) is 0 Å². The fourth-order valence-corrected chi connectivity index (χ4v) is 2.91. The molecule has 4 nitrogen and oxygen atoms in total. The van der Waals surface area contributed by atoms with Crippen LogP contribution in [0.2, 0.25) is 0 Å². The van der Waals surface area contributed by atoms with Gasteiger partial charge in [0.1, 0.15) is 11.8 Å². The first-order valence-electron chi connectivity index (χ1n) is 5.95. The highest BCUT2D eigenvalue weighted by molar-refractivity contribution is 5.92. The molecular weight excluding hydrogens is 214 g/mol. The number of carbonyl (C=O) groups is 1. The van der Waals surface area contributed by atoms with E-state index >= 15 is 0 Å². The van der Waals surface area contributed by atoms with E-state index in [1.165, 1.54) is 12.6 Å². The molecule has 17 heavy (non-hydrogen) atoms. The predicted octanol–water partition coefficient (Wildman–Crippen LogP) is 1.58. The first-order chi connectivity index (χ1) is 8.28. The Balaban J connectivity index is 1.80. The highest BCUT2D eigenvalue weighted by Crippen LogP contribution is 2.37. The van der Waals surface area contributed by atoms with Gasteiger partial charge in [0, 0.05) is 18.8 Å². The molecule has 1 aliphatic carbocycles. The number of hydrogen-bond donors (Lipinski definition) is 0. The van der Waals surface area contributed by atoms with Gasteiger partial charge in [0.05, 0.1) is 5.56 Å². The average Bonchev–Trinajstić information content (AvgIpc) is 3.00. The summed E-state index contributed by atoms with van der Waals surface area (Å²) in [5.74, 6) is 0.712. The highest BCUT2D eigenvalue weighted by atomic mass is 16.2.